The fraction of sp³-hybridized carbons (Fsp3) is 0.600. The summed E-state index contributed by atoms with van der Waals surface area (Å²) in [7, 11) is -0.171. The monoisotopic (exact) mass is 405 g/mol. The van der Waals surface area contributed by atoms with Crippen LogP contribution in [0.2, 0.25) is 6.32 Å². The van der Waals surface area contributed by atoms with Gasteiger partial charge in [-0.25, -0.2) is 9.59 Å². The van der Waals surface area contributed by atoms with Gasteiger partial charge in [0.2, 0.25) is 0 Å². The highest BCUT2D eigenvalue weighted by Gasteiger charge is 2.67. The highest BCUT2D eigenvalue weighted by atomic mass is 16.6. The van der Waals surface area contributed by atoms with Gasteiger partial charge < -0.3 is 24.6 Å². The summed E-state index contributed by atoms with van der Waals surface area (Å²) in [6.07, 6.45) is 0.141. The minimum absolute atomic E-state index is 0.0808. The van der Waals surface area contributed by atoms with Crippen molar-refractivity contribution in [3.05, 3.63) is 35.9 Å². The van der Waals surface area contributed by atoms with Gasteiger partial charge in [0, 0.05) is 17.4 Å². The first-order valence-corrected chi connectivity index (χ1v) is 9.90. The van der Waals surface area contributed by atoms with E-state index in [4.69, 9.17) is 19.5 Å². The first-order chi connectivity index (χ1) is 13.8. The van der Waals surface area contributed by atoms with Crippen LogP contribution in [0.15, 0.2) is 30.3 Å². The molecule has 0 radical (unpaired) electrons. The van der Waals surface area contributed by atoms with E-state index in [1.807, 2.05) is 37.3 Å². The van der Waals surface area contributed by atoms with Gasteiger partial charge in [-0.2, -0.15) is 0 Å². The third-order valence-electron chi connectivity index (χ3n) is 6.35. The molecule has 0 bridgehead atoms. The zero-order valence-corrected chi connectivity index (χ0v) is 16.7. The van der Waals surface area contributed by atoms with Crippen molar-refractivity contribution in [2.24, 2.45) is 11.3 Å². The predicted octanol–water partition coefficient (Wildman–Crippen LogP) is 1.19. The van der Waals surface area contributed by atoms with E-state index >= 15 is 0 Å². The summed E-state index contributed by atoms with van der Waals surface area (Å²) in [4.78, 5) is 27.1. The van der Waals surface area contributed by atoms with Crippen LogP contribution in [0, 0.1) is 11.3 Å². The van der Waals surface area contributed by atoms with Crippen molar-refractivity contribution in [1.29, 1.82) is 0 Å². The van der Waals surface area contributed by atoms with Crippen LogP contribution in [0.1, 0.15) is 31.7 Å². The quantitative estimate of drug-likeness (QED) is 0.461. The molecule has 158 valence electrons. The minimum atomic E-state index is -1.44. The molecule has 1 saturated heterocycles. The van der Waals surface area contributed by atoms with Crippen molar-refractivity contribution >= 4 is 19.2 Å². The molecule has 1 aliphatic carbocycles. The molecule has 1 heterocycles. The van der Waals surface area contributed by atoms with Crippen molar-refractivity contribution in [3.8, 4) is 0 Å². The maximum atomic E-state index is 13.0. The molecule has 1 saturated carbocycles. The summed E-state index contributed by atoms with van der Waals surface area (Å²) in [6.45, 7) is 1.93. The van der Waals surface area contributed by atoms with Crippen molar-refractivity contribution in [3.63, 3.8) is 0 Å². The van der Waals surface area contributed by atoms with Gasteiger partial charge in [0.15, 0.2) is 0 Å². The Bertz CT molecular complexity index is 731. The zero-order chi connectivity index (χ0) is 21.2. The molecule has 2 aliphatic rings. The number of carbonyl (C=O) groups is 2. The van der Waals surface area contributed by atoms with E-state index in [-0.39, 0.29) is 24.9 Å². The number of carbonyl (C=O) groups excluding carboxylic acids is 2. The van der Waals surface area contributed by atoms with Crippen LogP contribution in [-0.4, -0.2) is 64.5 Å². The molecular formula is C20H28BNO7. The third-order valence-corrected chi connectivity index (χ3v) is 6.35. The fourth-order valence-corrected chi connectivity index (χ4v) is 4.96. The minimum Gasteiger partial charge on any atom is -0.467 e. The Morgan fingerprint density at radius 3 is 2.55 bits per heavy atom. The largest absolute Gasteiger partial charge is 0.467 e. The number of nitrogens with zero attached hydrogens (tertiary/aromatic N) is 1. The van der Waals surface area contributed by atoms with Crippen LogP contribution in [0.25, 0.3) is 0 Å². The lowest BCUT2D eigenvalue weighted by Gasteiger charge is -2.44. The molecule has 0 unspecified atom stereocenters. The zero-order valence-electron chi connectivity index (χ0n) is 16.7. The number of aliphatic hydroxyl groups is 1. The molecule has 1 aromatic carbocycles. The number of hydrogen-bond donors (Lipinski definition) is 3. The van der Waals surface area contributed by atoms with Crippen LogP contribution in [0.3, 0.4) is 0 Å². The number of ether oxygens (including phenoxy) is 2. The van der Waals surface area contributed by atoms with Gasteiger partial charge in [0.1, 0.15) is 12.6 Å². The van der Waals surface area contributed by atoms with Gasteiger partial charge >= 0.3 is 19.2 Å². The van der Waals surface area contributed by atoms with Gasteiger partial charge in [0.25, 0.3) is 0 Å². The number of fused-ring (bicyclic) bond motifs is 1. The molecular weight excluding hydrogens is 377 g/mol. The lowest BCUT2D eigenvalue weighted by Crippen LogP contribution is -2.53. The number of methoxy groups -OCH3 is 1. The number of likely N-dealkylation sites (tertiary alicyclic amines) is 1. The second-order valence-corrected chi connectivity index (χ2v) is 8.15. The van der Waals surface area contributed by atoms with Crippen molar-refractivity contribution in [1.82, 2.24) is 4.90 Å². The van der Waals surface area contributed by atoms with E-state index < -0.39 is 36.7 Å². The van der Waals surface area contributed by atoms with Gasteiger partial charge in [-0.1, -0.05) is 43.7 Å². The first-order valence-electron chi connectivity index (χ1n) is 9.90. The van der Waals surface area contributed by atoms with E-state index in [0.29, 0.717) is 19.3 Å². The third kappa shape index (κ3) is 4.13. The molecule has 0 spiro atoms. The van der Waals surface area contributed by atoms with Crippen LogP contribution >= 0.6 is 0 Å². The second-order valence-electron chi connectivity index (χ2n) is 8.15. The Kier molecular flexibility index (Phi) is 6.50. The van der Waals surface area contributed by atoms with Crippen molar-refractivity contribution in [2.75, 3.05) is 7.11 Å². The topological polar surface area (TPSA) is 117 Å². The molecule has 9 heteroatoms. The molecule has 2 fully saturated rings. The molecule has 1 amide bonds. The maximum Gasteiger partial charge on any atom is 0.451 e. The van der Waals surface area contributed by atoms with Crippen LogP contribution in [0.4, 0.5) is 4.79 Å². The number of benzene rings is 1. The van der Waals surface area contributed by atoms with E-state index in [2.05, 4.69) is 0 Å². The predicted molar refractivity (Wildman–Crippen MR) is 105 cm³/mol. The van der Waals surface area contributed by atoms with E-state index in [1.54, 1.807) is 0 Å². The normalized spacial score (nSPS) is 30.3. The number of aliphatic hydroxyl groups excluding tert-OH is 1. The average Bonchev–Trinajstić information content (AvgIpc) is 2.89. The van der Waals surface area contributed by atoms with E-state index in [9.17, 15) is 14.7 Å². The number of esters is 1. The number of amides is 1. The summed E-state index contributed by atoms with van der Waals surface area (Å²) in [5.74, 6) is -0.859. The molecule has 8 nitrogen and oxygen atoms in total. The number of rotatable bonds is 7. The van der Waals surface area contributed by atoms with E-state index in [0.717, 1.165) is 5.56 Å². The molecule has 3 N–H and O–H groups in total. The second kappa shape index (κ2) is 8.73. The van der Waals surface area contributed by atoms with Gasteiger partial charge in [-0.05, 0) is 24.7 Å². The average molecular weight is 405 g/mol. The Labute approximate surface area is 170 Å². The van der Waals surface area contributed by atoms with E-state index in [1.165, 1.54) is 12.0 Å². The SMILES string of the molecule is COC(=O)[C@H]1N(C(=O)OCc2ccccc2)[C@@H]2C[C@@H](O)[C@@H]2[C@@]1(C)CCCB(O)O. The van der Waals surface area contributed by atoms with Gasteiger partial charge in [-0.15, -0.1) is 0 Å². The van der Waals surface area contributed by atoms with Crippen molar-refractivity contribution in [2.45, 2.75) is 57.3 Å². The first kappa shape index (κ1) is 21.6. The van der Waals surface area contributed by atoms with Crippen LogP contribution in [-0.2, 0) is 20.9 Å². The Morgan fingerprint density at radius 1 is 1.28 bits per heavy atom. The summed E-state index contributed by atoms with van der Waals surface area (Å²) in [5.41, 5.74) is 0.0790. The van der Waals surface area contributed by atoms with Gasteiger partial charge in [0.05, 0.1) is 13.2 Å². The van der Waals surface area contributed by atoms with Crippen LogP contribution in [0.5, 0.6) is 0 Å². The van der Waals surface area contributed by atoms with Gasteiger partial charge in [-0.3, -0.25) is 4.90 Å². The molecule has 1 aliphatic heterocycles. The standard InChI is InChI=1S/C20H28BNO7/c1-20(9-6-10-21(26)27)16-14(11-15(16)23)22(17(20)18(24)28-2)19(25)29-12-13-7-4-3-5-8-13/h3-5,7-8,14-17,23,26-27H,6,9-12H2,1-2H3/t14-,15-,16-,17-,20-/m1/s1. The summed E-state index contributed by atoms with van der Waals surface area (Å²) >= 11 is 0. The highest BCUT2D eigenvalue weighted by molar-refractivity contribution is 6.40. The number of hydrogen-bond acceptors (Lipinski definition) is 7. The fourth-order valence-electron chi connectivity index (χ4n) is 4.96. The summed E-state index contributed by atoms with van der Waals surface area (Å²) in [5, 5.41) is 28.7. The lowest BCUT2D eigenvalue weighted by molar-refractivity contribution is -0.149. The summed E-state index contributed by atoms with van der Waals surface area (Å²) in [6, 6.07) is 8.03. The molecule has 0 aromatic heterocycles. The van der Waals surface area contributed by atoms with Crippen molar-refractivity contribution < 1.29 is 34.2 Å². The molecule has 3 rings (SSSR count). The maximum absolute atomic E-state index is 13.0. The molecule has 5 atom stereocenters. The Balaban J connectivity index is 1.81. The molecule has 29 heavy (non-hydrogen) atoms. The van der Waals surface area contributed by atoms with Crippen LogP contribution < -0.4 is 0 Å². The smallest absolute Gasteiger partial charge is 0.451 e. The summed E-state index contributed by atoms with van der Waals surface area (Å²) < 4.78 is 10.5. The lowest BCUT2D eigenvalue weighted by atomic mass is 9.60. The Morgan fingerprint density at radius 2 is 1.97 bits per heavy atom. The molecule has 1 aromatic rings. The Hall–Kier alpha value is -2.10. The highest BCUT2D eigenvalue weighted by Crippen LogP contribution is 2.57.